The minimum absolute atomic E-state index is 0.102. The van der Waals surface area contributed by atoms with E-state index in [9.17, 15) is 0 Å². The van der Waals surface area contributed by atoms with E-state index in [1.807, 2.05) is 27.7 Å². The van der Waals surface area contributed by atoms with Crippen LogP contribution in [0.2, 0.25) is 0 Å². The molecule has 0 aromatic heterocycles. The summed E-state index contributed by atoms with van der Waals surface area (Å²) >= 11 is 0. The molecule has 122 valence electrons. The van der Waals surface area contributed by atoms with Crippen LogP contribution in [-0.4, -0.2) is 11.1 Å². The Hall–Kier alpha value is -1.93. The van der Waals surface area contributed by atoms with Crippen LogP contribution in [0.25, 0.3) is 0 Å². The number of hydrogen-bond acceptors (Lipinski definition) is 5. The fraction of sp³-hybridized carbons (Fsp3) is 0.824. The third-order valence-electron chi connectivity index (χ3n) is 3.53. The molecule has 5 nitrogen and oxygen atoms in total. The Labute approximate surface area is 135 Å². The first-order chi connectivity index (χ1) is 10.1. The summed E-state index contributed by atoms with van der Waals surface area (Å²) in [6.45, 7) is 13.2. The summed E-state index contributed by atoms with van der Waals surface area (Å²) in [5.74, 6) is 0. The zero-order valence-electron chi connectivity index (χ0n) is 15.1. The normalized spacial score (nSPS) is 16.2. The van der Waals surface area contributed by atoms with E-state index in [2.05, 4.69) is 35.4 Å². The second-order valence-electron chi connectivity index (χ2n) is 6.42. The molecular weight excluding hydrogens is 274 g/mol. The number of azo groups is 1. The molecule has 2 unspecified atom stereocenters. The van der Waals surface area contributed by atoms with Crippen LogP contribution in [0.15, 0.2) is 10.2 Å². The molecule has 0 radical (unpaired) electrons. The SMILES string of the molecule is CCC(C)(C#N)N=NC(C)(C#N)CC.CCCC(C)(C)C#N. The van der Waals surface area contributed by atoms with Crippen molar-refractivity contribution in [3.63, 3.8) is 0 Å². The highest BCUT2D eigenvalue weighted by molar-refractivity contribution is 5.06. The van der Waals surface area contributed by atoms with Crippen molar-refractivity contribution in [1.29, 1.82) is 15.8 Å². The van der Waals surface area contributed by atoms with Gasteiger partial charge in [0.2, 0.25) is 0 Å². The highest BCUT2D eigenvalue weighted by atomic mass is 15.2. The van der Waals surface area contributed by atoms with Crippen molar-refractivity contribution in [2.75, 3.05) is 0 Å². The van der Waals surface area contributed by atoms with E-state index in [1.165, 1.54) is 0 Å². The summed E-state index contributed by atoms with van der Waals surface area (Å²) < 4.78 is 0. The molecule has 0 spiro atoms. The first-order valence-corrected chi connectivity index (χ1v) is 7.75. The van der Waals surface area contributed by atoms with E-state index in [0.717, 1.165) is 12.8 Å². The predicted molar refractivity (Wildman–Crippen MR) is 87.8 cm³/mol. The van der Waals surface area contributed by atoms with Gasteiger partial charge < -0.3 is 0 Å². The molecule has 2 atom stereocenters. The van der Waals surface area contributed by atoms with Crippen LogP contribution in [-0.2, 0) is 0 Å². The van der Waals surface area contributed by atoms with Gasteiger partial charge in [-0.05, 0) is 47.0 Å². The maximum absolute atomic E-state index is 8.84. The lowest BCUT2D eigenvalue weighted by Crippen LogP contribution is -2.22. The molecule has 0 saturated heterocycles. The van der Waals surface area contributed by atoms with E-state index in [1.54, 1.807) is 13.8 Å². The van der Waals surface area contributed by atoms with E-state index in [-0.39, 0.29) is 5.41 Å². The molecule has 0 aromatic rings. The molecule has 0 bridgehead atoms. The molecule has 0 aliphatic carbocycles. The zero-order valence-corrected chi connectivity index (χ0v) is 15.1. The van der Waals surface area contributed by atoms with Crippen molar-refractivity contribution < 1.29 is 0 Å². The summed E-state index contributed by atoms with van der Waals surface area (Å²) in [6.07, 6.45) is 3.29. The minimum atomic E-state index is -0.798. The van der Waals surface area contributed by atoms with Crippen LogP contribution >= 0.6 is 0 Å². The average molecular weight is 303 g/mol. The topological polar surface area (TPSA) is 96.1 Å². The smallest absolute Gasteiger partial charge is 0.164 e. The Kier molecular flexibility index (Phi) is 10.1. The molecular formula is C17H29N5. The Bertz CT molecular complexity index is 445. The van der Waals surface area contributed by atoms with Gasteiger partial charge in [0.1, 0.15) is 0 Å². The van der Waals surface area contributed by atoms with Crippen molar-refractivity contribution in [3.8, 4) is 18.2 Å². The van der Waals surface area contributed by atoms with E-state index in [4.69, 9.17) is 15.8 Å². The lowest BCUT2D eigenvalue weighted by Gasteiger charge is -2.16. The fourth-order valence-corrected chi connectivity index (χ4v) is 1.25. The van der Waals surface area contributed by atoms with Crippen LogP contribution < -0.4 is 0 Å². The van der Waals surface area contributed by atoms with E-state index < -0.39 is 11.1 Å². The molecule has 0 aromatic carbocycles. The largest absolute Gasteiger partial charge is 0.198 e. The van der Waals surface area contributed by atoms with E-state index in [0.29, 0.717) is 12.8 Å². The molecule has 0 rings (SSSR count). The zero-order chi connectivity index (χ0) is 17.9. The van der Waals surface area contributed by atoms with Gasteiger partial charge in [0.15, 0.2) is 11.1 Å². The highest BCUT2D eigenvalue weighted by Gasteiger charge is 2.25. The van der Waals surface area contributed by atoms with Gasteiger partial charge >= 0.3 is 0 Å². The maximum atomic E-state index is 8.84. The first-order valence-electron chi connectivity index (χ1n) is 7.75. The second kappa shape index (κ2) is 9.91. The maximum Gasteiger partial charge on any atom is 0.164 e. The summed E-state index contributed by atoms with van der Waals surface area (Å²) in [6, 6.07) is 6.40. The molecule has 0 fully saturated rings. The third-order valence-corrected chi connectivity index (χ3v) is 3.53. The van der Waals surface area contributed by atoms with Crippen LogP contribution in [0.5, 0.6) is 0 Å². The molecule has 5 heteroatoms. The van der Waals surface area contributed by atoms with Crippen molar-refractivity contribution in [2.24, 2.45) is 15.6 Å². The van der Waals surface area contributed by atoms with Gasteiger partial charge in [0.25, 0.3) is 0 Å². The first kappa shape index (κ1) is 22.4. The van der Waals surface area contributed by atoms with Crippen LogP contribution in [0.1, 0.15) is 74.1 Å². The molecule has 0 amide bonds. The van der Waals surface area contributed by atoms with Crippen molar-refractivity contribution in [1.82, 2.24) is 0 Å². The standard InChI is InChI=1S/C10H16N4.C7H13N/c1-5-9(3,7-11)13-14-10(4,6-2)8-12;1-4-5-7(2,3)6-8/h5-6H2,1-4H3;4-5H2,1-3H3. The lowest BCUT2D eigenvalue weighted by atomic mass is 9.90. The van der Waals surface area contributed by atoms with Gasteiger partial charge in [0.05, 0.1) is 23.6 Å². The van der Waals surface area contributed by atoms with E-state index >= 15 is 0 Å². The molecule has 0 saturated carbocycles. The Balaban J connectivity index is 0. The lowest BCUT2D eigenvalue weighted by molar-refractivity contribution is 0.446. The molecule has 0 N–H and O–H groups in total. The van der Waals surface area contributed by atoms with Crippen molar-refractivity contribution in [2.45, 2.75) is 85.2 Å². The Morgan fingerprint density at radius 1 is 0.727 bits per heavy atom. The van der Waals surface area contributed by atoms with Gasteiger partial charge in [-0.2, -0.15) is 26.0 Å². The summed E-state index contributed by atoms with van der Waals surface area (Å²) in [5.41, 5.74) is -1.70. The average Bonchev–Trinajstić information content (AvgIpc) is 2.53. The van der Waals surface area contributed by atoms with Crippen molar-refractivity contribution >= 4 is 0 Å². The number of hydrogen-bond donors (Lipinski definition) is 0. The quantitative estimate of drug-likeness (QED) is 0.634. The van der Waals surface area contributed by atoms with Crippen LogP contribution in [0, 0.1) is 39.4 Å². The third kappa shape index (κ3) is 9.09. The number of nitrogens with zero attached hydrogens (tertiary/aromatic N) is 5. The summed E-state index contributed by atoms with van der Waals surface area (Å²) in [4.78, 5) is 0. The van der Waals surface area contributed by atoms with Gasteiger partial charge in [-0.15, -0.1) is 0 Å². The summed E-state index contributed by atoms with van der Waals surface area (Å²) in [7, 11) is 0. The molecule has 22 heavy (non-hydrogen) atoms. The van der Waals surface area contributed by atoms with Crippen LogP contribution in [0.4, 0.5) is 0 Å². The van der Waals surface area contributed by atoms with Gasteiger partial charge in [-0.1, -0.05) is 27.2 Å². The monoisotopic (exact) mass is 303 g/mol. The molecule has 0 aliphatic rings. The molecule has 0 heterocycles. The fourth-order valence-electron chi connectivity index (χ4n) is 1.25. The number of nitriles is 3. The van der Waals surface area contributed by atoms with Gasteiger partial charge in [0, 0.05) is 0 Å². The van der Waals surface area contributed by atoms with Crippen molar-refractivity contribution in [3.05, 3.63) is 0 Å². The minimum Gasteiger partial charge on any atom is -0.198 e. The number of rotatable bonds is 6. The van der Waals surface area contributed by atoms with Gasteiger partial charge in [-0.25, -0.2) is 0 Å². The molecule has 0 aliphatic heterocycles. The highest BCUT2D eigenvalue weighted by Crippen LogP contribution is 2.20. The predicted octanol–water partition coefficient (Wildman–Crippen LogP) is 5.16. The Morgan fingerprint density at radius 3 is 1.23 bits per heavy atom. The van der Waals surface area contributed by atoms with Gasteiger partial charge in [-0.3, -0.25) is 0 Å². The Morgan fingerprint density at radius 2 is 1.09 bits per heavy atom. The summed E-state index contributed by atoms with van der Waals surface area (Å²) in [5, 5.41) is 34.1. The second-order valence-corrected chi connectivity index (χ2v) is 6.42. The van der Waals surface area contributed by atoms with Crippen LogP contribution in [0.3, 0.4) is 0 Å².